The smallest absolute Gasteiger partial charge is 0.344 e. The minimum atomic E-state index is -0.534. The first-order valence-electron chi connectivity index (χ1n) is 6.15. The zero-order chi connectivity index (χ0) is 14.5. The number of carbonyl (C=O) groups is 2. The van der Waals surface area contributed by atoms with Crippen LogP contribution in [0.25, 0.3) is 0 Å². The molecule has 0 bridgehead atoms. The third-order valence-corrected chi connectivity index (χ3v) is 2.18. The van der Waals surface area contributed by atoms with Gasteiger partial charge in [0.15, 0.2) is 12.9 Å². The minimum Gasteiger partial charge on any atom is -0.480 e. The maximum absolute atomic E-state index is 11.5. The molecular weight excluding hydrogens is 246 g/mol. The summed E-state index contributed by atoms with van der Waals surface area (Å²) in [5.41, 5.74) is 0.461. The van der Waals surface area contributed by atoms with E-state index in [4.69, 9.17) is 9.47 Å². The van der Waals surface area contributed by atoms with E-state index in [1.807, 2.05) is 6.92 Å². The molecule has 5 heteroatoms. The Hall–Kier alpha value is -1.91. The topological polar surface area (TPSA) is 65.5 Å². The van der Waals surface area contributed by atoms with Crippen molar-refractivity contribution >= 4 is 12.3 Å². The van der Waals surface area contributed by atoms with E-state index in [0.29, 0.717) is 29.8 Å². The zero-order valence-corrected chi connectivity index (χ0v) is 11.7. The van der Waals surface area contributed by atoms with Crippen molar-refractivity contribution in [1.29, 1.82) is 0 Å². The second-order valence-corrected chi connectivity index (χ2v) is 5.03. The second-order valence-electron chi connectivity index (χ2n) is 5.03. The number of aryl methyl sites for hydroxylation is 1. The first-order chi connectivity index (χ1) is 8.85. The van der Waals surface area contributed by atoms with Gasteiger partial charge in [-0.1, -0.05) is 6.92 Å². The van der Waals surface area contributed by atoms with E-state index in [1.54, 1.807) is 32.9 Å². The summed E-state index contributed by atoms with van der Waals surface area (Å²) in [5, 5.41) is 0. The summed E-state index contributed by atoms with van der Waals surface area (Å²) in [6, 6.07) is 3.19. The molecule has 1 aromatic heterocycles. The first-order valence-corrected chi connectivity index (χ1v) is 6.15. The van der Waals surface area contributed by atoms with Gasteiger partial charge in [0.25, 0.3) is 0 Å². The Labute approximate surface area is 112 Å². The molecule has 0 saturated carbocycles. The number of hydrogen-bond donors (Lipinski definition) is 0. The van der Waals surface area contributed by atoms with Crippen LogP contribution in [0.5, 0.6) is 5.75 Å². The molecule has 5 nitrogen and oxygen atoms in total. The van der Waals surface area contributed by atoms with Crippen LogP contribution in [-0.2, 0) is 16.0 Å². The van der Waals surface area contributed by atoms with Crippen LogP contribution in [0, 0.1) is 0 Å². The van der Waals surface area contributed by atoms with Gasteiger partial charge in [0.05, 0.1) is 5.69 Å². The maximum Gasteiger partial charge on any atom is 0.344 e. The molecule has 0 fully saturated rings. The average Bonchev–Trinajstić information content (AvgIpc) is 2.34. The summed E-state index contributed by atoms with van der Waals surface area (Å²) < 4.78 is 10.5. The molecule has 0 aliphatic rings. The number of rotatable bonds is 5. The SMILES string of the molecule is CCc1nc(C=O)ccc1OCC(=O)OC(C)(C)C. The Kier molecular flexibility index (Phi) is 5.03. The van der Waals surface area contributed by atoms with Gasteiger partial charge in [0.2, 0.25) is 0 Å². The van der Waals surface area contributed by atoms with Crippen molar-refractivity contribution in [2.45, 2.75) is 39.7 Å². The van der Waals surface area contributed by atoms with E-state index in [1.165, 1.54) is 0 Å². The van der Waals surface area contributed by atoms with E-state index >= 15 is 0 Å². The lowest BCUT2D eigenvalue weighted by molar-refractivity contribution is -0.157. The number of aromatic nitrogens is 1. The Morgan fingerprint density at radius 2 is 2.05 bits per heavy atom. The summed E-state index contributed by atoms with van der Waals surface area (Å²) in [5.74, 6) is 0.0629. The van der Waals surface area contributed by atoms with Gasteiger partial charge in [-0.3, -0.25) is 4.79 Å². The Morgan fingerprint density at radius 3 is 2.58 bits per heavy atom. The monoisotopic (exact) mass is 265 g/mol. The van der Waals surface area contributed by atoms with Gasteiger partial charge in [0, 0.05) is 0 Å². The lowest BCUT2D eigenvalue weighted by Crippen LogP contribution is -2.27. The number of aldehydes is 1. The van der Waals surface area contributed by atoms with E-state index in [2.05, 4.69) is 4.98 Å². The molecule has 0 radical (unpaired) electrons. The van der Waals surface area contributed by atoms with Gasteiger partial charge in [-0.15, -0.1) is 0 Å². The molecule has 0 aliphatic carbocycles. The molecule has 0 amide bonds. The molecule has 0 aromatic carbocycles. The molecule has 0 saturated heterocycles. The third-order valence-electron chi connectivity index (χ3n) is 2.18. The van der Waals surface area contributed by atoms with Crippen LogP contribution in [-0.4, -0.2) is 29.4 Å². The van der Waals surface area contributed by atoms with Crippen molar-refractivity contribution in [2.24, 2.45) is 0 Å². The minimum absolute atomic E-state index is 0.174. The highest BCUT2D eigenvalue weighted by atomic mass is 16.6. The van der Waals surface area contributed by atoms with E-state index in [0.717, 1.165) is 0 Å². The van der Waals surface area contributed by atoms with Crippen LogP contribution >= 0.6 is 0 Å². The predicted octanol–water partition coefficient (Wildman–Crippen LogP) is 2.18. The van der Waals surface area contributed by atoms with Crippen molar-refractivity contribution < 1.29 is 19.1 Å². The van der Waals surface area contributed by atoms with E-state index in [-0.39, 0.29) is 6.61 Å². The Bertz CT molecular complexity index is 463. The summed E-state index contributed by atoms with van der Waals surface area (Å²) in [7, 11) is 0. The highest BCUT2D eigenvalue weighted by Gasteiger charge is 2.17. The Balaban J connectivity index is 2.67. The zero-order valence-electron chi connectivity index (χ0n) is 11.7. The van der Waals surface area contributed by atoms with Gasteiger partial charge in [-0.2, -0.15) is 0 Å². The number of hydrogen-bond acceptors (Lipinski definition) is 5. The molecule has 104 valence electrons. The lowest BCUT2D eigenvalue weighted by Gasteiger charge is -2.19. The van der Waals surface area contributed by atoms with Crippen LogP contribution in [0.1, 0.15) is 43.9 Å². The van der Waals surface area contributed by atoms with Gasteiger partial charge in [-0.25, -0.2) is 9.78 Å². The van der Waals surface area contributed by atoms with Crippen molar-refractivity contribution in [3.8, 4) is 5.75 Å². The summed E-state index contributed by atoms with van der Waals surface area (Å²) in [4.78, 5) is 26.3. The van der Waals surface area contributed by atoms with Crippen LogP contribution in [0.4, 0.5) is 0 Å². The molecular formula is C14H19NO4. The summed E-state index contributed by atoms with van der Waals surface area (Å²) in [6.07, 6.45) is 1.29. The summed E-state index contributed by atoms with van der Waals surface area (Å²) in [6.45, 7) is 7.11. The number of nitrogens with zero attached hydrogens (tertiary/aromatic N) is 1. The second kappa shape index (κ2) is 6.31. The van der Waals surface area contributed by atoms with Crippen LogP contribution in [0.3, 0.4) is 0 Å². The normalized spacial score (nSPS) is 10.9. The van der Waals surface area contributed by atoms with E-state index in [9.17, 15) is 9.59 Å². The molecule has 1 rings (SSSR count). The van der Waals surface area contributed by atoms with Gasteiger partial charge < -0.3 is 9.47 Å². The fourth-order valence-electron chi connectivity index (χ4n) is 1.46. The van der Waals surface area contributed by atoms with Crippen molar-refractivity contribution in [3.63, 3.8) is 0 Å². The Morgan fingerprint density at radius 1 is 1.37 bits per heavy atom. The fourth-order valence-corrected chi connectivity index (χ4v) is 1.46. The molecule has 0 aliphatic heterocycles. The van der Waals surface area contributed by atoms with Crippen LogP contribution < -0.4 is 4.74 Å². The third kappa shape index (κ3) is 5.07. The highest BCUT2D eigenvalue weighted by molar-refractivity contribution is 5.73. The molecule has 0 unspecified atom stereocenters. The quantitative estimate of drug-likeness (QED) is 0.603. The largest absolute Gasteiger partial charge is 0.480 e. The summed E-state index contributed by atoms with van der Waals surface area (Å²) >= 11 is 0. The first kappa shape index (κ1) is 15.1. The standard InChI is InChI=1S/C14H19NO4/c1-5-11-12(7-6-10(8-16)15-11)18-9-13(17)19-14(2,3)4/h6-8H,5,9H2,1-4H3. The van der Waals surface area contributed by atoms with Gasteiger partial charge in [-0.05, 0) is 39.3 Å². The van der Waals surface area contributed by atoms with Gasteiger partial charge in [0.1, 0.15) is 17.0 Å². The lowest BCUT2D eigenvalue weighted by atomic mass is 10.2. The molecule has 0 atom stereocenters. The van der Waals surface area contributed by atoms with Crippen molar-refractivity contribution in [2.75, 3.05) is 6.61 Å². The molecule has 0 spiro atoms. The number of ether oxygens (including phenoxy) is 2. The number of pyridine rings is 1. The average molecular weight is 265 g/mol. The highest BCUT2D eigenvalue weighted by Crippen LogP contribution is 2.17. The molecule has 0 N–H and O–H groups in total. The number of esters is 1. The number of carbonyl (C=O) groups excluding carboxylic acids is 2. The van der Waals surface area contributed by atoms with E-state index < -0.39 is 11.6 Å². The molecule has 1 heterocycles. The maximum atomic E-state index is 11.5. The van der Waals surface area contributed by atoms with Crippen molar-refractivity contribution in [3.05, 3.63) is 23.5 Å². The molecule has 1 aromatic rings. The fraction of sp³-hybridized carbons (Fsp3) is 0.500. The van der Waals surface area contributed by atoms with Crippen molar-refractivity contribution in [1.82, 2.24) is 4.98 Å². The van der Waals surface area contributed by atoms with Crippen LogP contribution in [0.2, 0.25) is 0 Å². The van der Waals surface area contributed by atoms with Gasteiger partial charge >= 0.3 is 5.97 Å². The predicted molar refractivity (Wildman–Crippen MR) is 70.3 cm³/mol. The van der Waals surface area contributed by atoms with Crippen LogP contribution in [0.15, 0.2) is 12.1 Å². The molecule has 19 heavy (non-hydrogen) atoms.